The second kappa shape index (κ2) is 19.6. The standard InChI is InChI=1S/C47H62F2N6O3/c1-46(2,3)57-43-31-50-29-35(52-43)19-25-54-21-15-33(16-22-54)27-39(37-11-7-9-13-41(37)48)45(56)40(38-12-8-10-14-42(38)49)28-34-17-23-55(24-18-34)26-20-36-30-51-32-44(53-36)58-47(4,5)6/h7-14,29-34,39-40H,15-28H2,1-6H3. The summed E-state index contributed by atoms with van der Waals surface area (Å²) in [5.74, 6) is -0.621. The van der Waals surface area contributed by atoms with Crippen LogP contribution in [0.5, 0.6) is 11.8 Å². The predicted octanol–water partition coefficient (Wildman–Crippen LogP) is 9.03. The highest BCUT2D eigenvalue weighted by Crippen LogP contribution is 2.40. The average Bonchev–Trinajstić information content (AvgIpc) is 3.18. The predicted molar refractivity (Wildman–Crippen MR) is 223 cm³/mol. The molecule has 0 radical (unpaired) electrons. The van der Waals surface area contributed by atoms with Crippen molar-refractivity contribution in [3.05, 3.63) is 107 Å². The van der Waals surface area contributed by atoms with Gasteiger partial charge in [-0.1, -0.05) is 36.4 Å². The normalized spacial score (nSPS) is 17.5. The summed E-state index contributed by atoms with van der Waals surface area (Å²) in [6.45, 7) is 17.2. The van der Waals surface area contributed by atoms with E-state index in [0.29, 0.717) is 35.7 Å². The van der Waals surface area contributed by atoms with Gasteiger partial charge < -0.3 is 19.3 Å². The topological polar surface area (TPSA) is 93.6 Å². The minimum atomic E-state index is -0.664. The van der Waals surface area contributed by atoms with Gasteiger partial charge in [0, 0.05) is 50.2 Å². The fraction of sp³-hybridized carbons (Fsp3) is 0.553. The molecule has 0 amide bonds. The van der Waals surface area contributed by atoms with Crippen molar-refractivity contribution in [3.63, 3.8) is 0 Å². The van der Waals surface area contributed by atoms with Crippen LogP contribution in [0.2, 0.25) is 0 Å². The molecule has 4 heterocycles. The van der Waals surface area contributed by atoms with Gasteiger partial charge in [-0.2, -0.15) is 0 Å². The van der Waals surface area contributed by atoms with E-state index in [-0.39, 0.29) is 40.5 Å². The van der Waals surface area contributed by atoms with E-state index in [1.54, 1.807) is 61.2 Å². The molecule has 2 aliphatic heterocycles. The molecule has 0 saturated carbocycles. The molecular weight excluding hydrogens is 735 g/mol. The molecule has 58 heavy (non-hydrogen) atoms. The molecule has 11 heteroatoms. The molecular formula is C47H62F2N6O3. The second-order valence-corrected chi connectivity index (χ2v) is 18.2. The van der Waals surface area contributed by atoms with E-state index in [2.05, 4.69) is 29.7 Å². The highest BCUT2D eigenvalue weighted by molar-refractivity contribution is 5.92. The number of rotatable bonds is 16. The summed E-state index contributed by atoms with van der Waals surface area (Å²) < 4.78 is 43.1. The van der Waals surface area contributed by atoms with E-state index in [9.17, 15) is 4.79 Å². The Balaban J connectivity index is 1.09. The monoisotopic (exact) mass is 796 g/mol. The SMILES string of the molecule is CC(C)(C)Oc1cncc(CCN2CCC(CC(C(=O)C(CC3CCN(CCc4cncc(OC(C)(C)C)n4)CC3)c3ccccc3F)c3ccccc3F)CC2)n1. The molecule has 0 aliphatic carbocycles. The van der Waals surface area contributed by atoms with Crippen LogP contribution in [-0.2, 0) is 17.6 Å². The zero-order chi connectivity index (χ0) is 41.3. The molecule has 0 bridgehead atoms. The van der Waals surface area contributed by atoms with Crippen LogP contribution in [0.25, 0.3) is 0 Å². The van der Waals surface area contributed by atoms with Crippen LogP contribution in [0.4, 0.5) is 8.78 Å². The zero-order valence-corrected chi connectivity index (χ0v) is 35.3. The number of ketones is 1. The molecule has 9 nitrogen and oxygen atoms in total. The number of carbonyl (C=O) groups is 1. The molecule has 2 aromatic heterocycles. The van der Waals surface area contributed by atoms with Crippen molar-refractivity contribution in [1.82, 2.24) is 29.7 Å². The van der Waals surface area contributed by atoms with Crippen LogP contribution in [0, 0.1) is 23.5 Å². The Morgan fingerprint density at radius 1 is 0.638 bits per heavy atom. The number of carbonyl (C=O) groups excluding carboxylic acids is 1. The minimum absolute atomic E-state index is 0.0769. The van der Waals surface area contributed by atoms with Crippen molar-refractivity contribution in [3.8, 4) is 11.8 Å². The summed E-state index contributed by atoms with van der Waals surface area (Å²) in [6, 6.07) is 13.3. The number of benzene rings is 2. The first-order valence-electron chi connectivity index (χ1n) is 21.2. The van der Waals surface area contributed by atoms with Crippen LogP contribution in [0.1, 0.15) is 114 Å². The molecule has 0 spiro atoms. The number of piperidine rings is 2. The van der Waals surface area contributed by atoms with Gasteiger partial charge in [0.15, 0.2) is 0 Å². The van der Waals surface area contributed by atoms with Gasteiger partial charge in [0.1, 0.15) is 28.6 Å². The van der Waals surface area contributed by atoms with Gasteiger partial charge in [-0.25, -0.2) is 18.7 Å². The molecule has 6 rings (SSSR count). The lowest BCUT2D eigenvalue weighted by Crippen LogP contribution is -2.37. The van der Waals surface area contributed by atoms with Gasteiger partial charge in [-0.15, -0.1) is 0 Å². The van der Waals surface area contributed by atoms with E-state index < -0.39 is 11.8 Å². The molecule has 0 N–H and O–H groups in total. The second-order valence-electron chi connectivity index (χ2n) is 18.2. The van der Waals surface area contributed by atoms with Gasteiger partial charge in [-0.05, 0) is 141 Å². The maximum atomic E-state index is 15.7. The number of hydrogen-bond donors (Lipinski definition) is 0. The Hall–Kier alpha value is -4.35. The fourth-order valence-corrected chi connectivity index (χ4v) is 8.39. The highest BCUT2D eigenvalue weighted by atomic mass is 19.1. The van der Waals surface area contributed by atoms with Crippen molar-refractivity contribution in [2.45, 2.75) is 116 Å². The van der Waals surface area contributed by atoms with Crippen LogP contribution in [0.15, 0.2) is 73.3 Å². The molecule has 312 valence electrons. The summed E-state index contributed by atoms with van der Waals surface area (Å²) in [5, 5.41) is 0. The lowest BCUT2D eigenvalue weighted by atomic mass is 9.73. The first kappa shape index (κ1) is 43.2. The van der Waals surface area contributed by atoms with Gasteiger partial charge in [0.05, 0.1) is 23.8 Å². The zero-order valence-electron chi connectivity index (χ0n) is 35.3. The Morgan fingerprint density at radius 3 is 1.38 bits per heavy atom. The van der Waals surface area contributed by atoms with E-state index >= 15 is 8.78 Å². The number of likely N-dealkylation sites (tertiary alicyclic amines) is 2. The Kier molecular flexibility index (Phi) is 14.6. The number of nitrogens with zero attached hydrogens (tertiary/aromatic N) is 6. The maximum absolute atomic E-state index is 15.7. The molecule has 2 saturated heterocycles. The minimum Gasteiger partial charge on any atom is -0.471 e. The fourth-order valence-electron chi connectivity index (χ4n) is 8.39. The summed E-state index contributed by atoms with van der Waals surface area (Å²) in [7, 11) is 0. The van der Waals surface area contributed by atoms with Crippen molar-refractivity contribution in [2.24, 2.45) is 11.8 Å². The maximum Gasteiger partial charge on any atom is 0.233 e. The first-order valence-corrected chi connectivity index (χ1v) is 21.2. The van der Waals surface area contributed by atoms with Crippen molar-refractivity contribution < 1.29 is 23.0 Å². The third-order valence-electron chi connectivity index (χ3n) is 11.3. The van der Waals surface area contributed by atoms with Crippen LogP contribution < -0.4 is 9.47 Å². The van der Waals surface area contributed by atoms with Gasteiger partial charge in [-0.3, -0.25) is 14.8 Å². The summed E-state index contributed by atoms with van der Waals surface area (Å²) >= 11 is 0. The van der Waals surface area contributed by atoms with Crippen molar-refractivity contribution >= 4 is 5.78 Å². The first-order chi connectivity index (χ1) is 27.7. The Labute approximate surface area is 344 Å². The Bertz CT molecular complexity index is 1790. The largest absolute Gasteiger partial charge is 0.471 e. The van der Waals surface area contributed by atoms with Crippen LogP contribution in [-0.4, -0.2) is 86.0 Å². The Morgan fingerprint density at radius 2 is 1.02 bits per heavy atom. The van der Waals surface area contributed by atoms with E-state index in [1.807, 2.05) is 41.5 Å². The van der Waals surface area contributed by atoms with E-state index in [1.165, 1.54) is 12.1 Å². The van der Waals surface area contributed by atoms with Crippen LogP contribution >= 0.6 is 0 Å². The number of hydrogen-bond acceptors (Lipinski definition) is 9. The van der Waals surface area contributed by atoms with Gasteiger partial charge in [0.2, 0.25) is 11.8 Å². The van der Waals surface area contributed by atoms with Crippen molar-refractivity contribution in [1.29, 1.82) is 0 Å². The molecule has 2 aromatic carbocycles. The van der Waals surface area contributed by atoms with Gasteiger partial charge in [0.25, 0.3) is 0 Å². The van der Waals surface area contributed by atoms with Gasteiger partial charge >= 0.3 is 0 Å². The average molecular weight is 797 g/mol. The molecule has 2 atom stereocenters. The molecule has 2 aliphatic rings. The number of Topliss-reactive ketones (excluding diaryl/α,β-unsaturated/α-hetero) is 1. The molecule has 4 aromatic rings. The summed E-state index contributed by atoms with van der Waals surface area (Å²) in [6.07, 6.45) is 13.1. The van der Waals surface area contributed by atoms with E-state index in [0.717, 1.165) is 89.2 Å². The quantitative estimate of drug-likeness (QED) is 0.110. The molecule has 2 unspecified atom stereocenters. The summed E-state index contributed by atoms with van der Waals surface area (Å²) in [5.41, 5.74) is 1.92. The lowest BCUT2D eigenvalue weighted by molar-refractivity contribution is -0.123. The number of aromatic nitrogens is 4. The van der Waals surface area contributed by atoms with Crippen molar-refractivity contribution in [2.75, 3.05) is 39.3 Å². The number of halogens is 2. The number of ether oxygens (including phenoxy) is 2. The molecule has 2 fully saturated rings. The third kappa shape index (κ3) is 12.8. The third-order valence-corrected chi connectivity index (χ3v) is 11.3. The highest BCUT2D eigenvalue weighted by Gasteiger charge is 2.37. The lowest BCUT2D eigenvalue weighted by Gasteiger charge is -2.36. The van der Waals surface area contributed by atoms with Crippen LogP contribution in [0.3, 0.4) is 0 Å². The summed E-state index contributed by atoms with van der Waals surface area (Å²) in [4.78, 5) is 37.8. The van der Waals surface area contributed by atoms with E-state index in [4.69, 9.17) is 9.47 Å². The smallest absolute Gasteiger partial charge is 0.233 e.